The van der Waals surface area contributed by atoms with E-state index in [1.165, 1.54) is 38.5 Å². The van der Waals surface area contributed by atoms with Gasteiger partial charge in [0.2, 0.25) is 0 Å². The second-order valence-electron chi connectivity index (χ2n) is 9.24. The Kier molecular flexibility index (Phi) is 5.01. The first-order valence-electron chi connectivity index (χ1n) is 10.9. The van der Waals surface area contributed by atoms with Crippen LogP contribution in [0.25, 0.3) is 0 Å². The Bertz CT molecular complexity index is 877. The summed E-state index contributed by atoms with van der Waals surface area (Å²) in [5, 5.41) is 6.61. The van der Waals surface area contributed by atoms with Crippen molar-refractivity contribution in [3.8, 4) is 11.5 Å². The third kappa shape index (κ3) is 3.95. The van der Waals surface area contributed by atoms with Gasteiger partial charge >= 0.3 is 0 Å². The van der Waals surface area contributed by atoms with E-state index < -0.39 is 0 Å². The molecule has 0 aliphatic heterocycles. The SMILES string of the molecule is COc1ccccc1OCC(=O)Nc1ccc(NC23CC4CC(CC(C4)C2)C3)nc1. The minimum absolute atomic E-state index is 0.0896. The number of carbonyl (C=O) groups excluding carboxylic acids is 1. The van der Waals surface area contributed by atoms with Gasteiger partial charge in [0.1, 0.15) is 5.82 Å². The fourth-order valence-corrected chi connectivity index (χ4v) is 6.16. The van der Waals surface area contributed by atoms with Crippen molar-refractivity contribution in [2.45, 2.75) is 44.1 Å². The summed E-state index contributed by atoms with van der Waals surface area (Å²) in [4.78, 5) is 16.8. The van der Waals surface area contributed by atoms with Gasteiger partial charge in [-0.3, -0.25) is 4.79 Å². The molecule has 1 aromatic carbocycles. The second kappa shape index (κ2) is 7.82. The largest absolute Gasteiger partial charge is 0.493 e. The number of carbonyl (C=O) groups is 1. The van der Waals surface area contributed by atoms with Crippen molar-refractivity contribution >= 4 is 17.4 Å². The first kappa shape index (κ1) is 19.2. The highest BCUT2D eigenvalue weighted by molar-refractivity contribution is 5.91. The predicted molar refractivity (Wildman–Crippen MR) is 116 cm³/mol. The summed E-state index contributed by atoms with van der Waals surface area (Å²) in [5.41, 5.74) is 0.898. The number of para-hydroxylation sites is 2. The lowest BCUT2D eigenvalue weighted by Gasteiger charge is -2.57. The van der Waals surface area contributed by atoms with Crippen molar-refractivity contribution in [3.05, 3.63) is 42.6 Å². The monoisotopic (exact) mass is 407 g/mol. The van der Waals surface area contributed by atoms with Crippen LogP contribution in [0.3, 0.4) is 0 Å². The molecule has 2 N–H and O–H groups in total. The van der Waals surface area contributed by atoms with Crippen LogP contribution in [0.2, 0.25) is 0 Å². The van der Waals surface area contributed by atoms with Crippen molar-refractivity contribution in [2.24, 2.45) is 17.8 Å². The molecule has 4 bridgehead atoms. The van der Waals surface area contributed by atoms with E-state index in [1.54, 1.807) is 25.4 Å². The van der Waals surface area contributed by atoms with Gasteiger partial charge in [0.05, 0.1) is 19.0 Å². The molecule has 1 aromatic heterocycles. The molecule has 0 unspecified atom stereocenters. The van der Waals surface area contributed by atoms with E-state index in [0.717, 1.165) is 23.6 Å². The molecule has 6 heteroatoms. The van der Waals surface area contributed by atoms with Gasteiger partial charge in [0.25, 0.3) is 5.91 Å². The van der Waals surface area contributed by atoms with Crippen LogP contribution in [0.5, 0.6) is 11.5 Å². The van der Waals surface area contributed by atoms with Gasteiger partial charge in [-0.05, 0) is 80.5 Å². The topological polar surface area (TPSA) is 72.5 Å². The summed E-state index contributed by atoms with van der Waals surface area (Å²) in [6.07, 6.45) is 9.82. The van der Waals surface area contributed by atoms with E-state index >= 15 is 0 Å². The Morgan fingerprint density at radius 1 is 1.03 bits per heavy atom. The number of methoxy groups -OCH3 is 1. The third-order valence-electron chi connectivity index (χ3n) is 6.91. The van der Waals surface area contributed by atoms with Crippen LogP contribution in [0, 0.1) is 17.8 Å². The molecular formula is C24H29N3O3. The molecule has 2 aromatic rings. The molecular weight excluding hydrogens is 378 g/mol. The van der Waals surface area contributed by atoms with E-state index in [1.807, 2.05) is 24.3 Å². The van der Waals surface area contributed by atoms with E-state index in [0.29, 0.717) is 17.2 Å². The number of amides is 1. The smallest absolute Gasteiger partial charge is 0.262 e. The number of aromatic nitrogens is 1. The van der Waals surface area contributed by atoms with E-state index in [2.05, 4.69) is 15.6 Å². The summed E-state index contributed by atoms with van der Waals surface area (Å²) in [5.74, 6) is 4.50. The molecule has 30 heavy (non-hydrogen) atoms. The molecule has 1 amide bonds. The highest BCUT2D eigenvalue weighted by atomic mass is 16.5. The third-order valence-corrected chi connectivity index (χ3v) is 6.91. The lowest BCUT2D eigenvalue weighted by Crippen LogP contribution is -2.54. The number of anilines is 2. The van der Waals surface area contributed by atoms with Crippen molar-refractivity contribution in [2.75, 3.05) is 24.4 Å². The summed E-state index contributed by atoms with van der Waals surface area (Å²) in [6.45, 7) is -0.0896. The number of rotatable bonds is 7. The number of benzene rings is 1. The van der Waals surface area contributed by atoms with Crippen molar-refractivity contribution < 1.29 is 14.3 Å². The average molecular weight is 408 g/mol. The average Bonchev–Trinajstić information content (AvgIpc) is 2.72. The van der Waals surface area contributed by atoms with Gasteiger partial charge < -0.3 is 20.1 Å². The van der Waals surface area contributed by atoms with Gasteiger partial charge in [0.15, 0.2) is 18.1 Å². The minimum atomic E-state index is -0.232. The molecule has 0 radical (unpaired) electrons. The number of ether oxygens (including phenoxy) is 2. The maximum atomic E-state index is 12.2. The fraction of sp³-hybridized carbons (Fsp3) is 0.500. The Balaban J connectivity index is 1.16. The lowest BCUT2D eigenvalue weighted by atomic mass is 9.53. The van der Waals surface area contributed by atoms with Gasteiger partial charge in [-0.15, -0.1) is 0 Å². The molecule has 6 rings (SSSR count). The molecule has 0 atom stereocenters. The number of hydrogen-bond donors (Lipinski definition) is 2. The highest BCUT2D eigenvalue weighted by Gasteiger charge is 2.51. The Morgan fingerprint density at radius 2 is 1.70 bits per heavy atom. The summed E-state index contributed by atoms with van der Waals surface area (Å²) < 4.78 is 10.8. The molecule has 4 aliphatic carbocycles. The zero-order valence-electron chi connectivity index (χ0n) is 17.4. The van der Waals surface area contributed by atoms with E-state index in [9.17, 15) is 4.79 Å². The Hall–Kier alpha value is -2.76. The molecule has 4 fully saturated rings. The van der Waals surface area contributed by atoms with Crippen LogP contribution in [0.4, 0.5) is 11.5 Å². The second-order valence-corrected chi connectivity index (χ2v) is 9.24. The van der Waals surface area contributed by atoms with Crippen LogP contribution in [-0.2, 0) is 4.79 Å². The summed E-state index contributed by atoms with van der Waals surface area (Å²) >= 11 is 0. The predicted octanol–water partition coefficient (Wildman–Crippen LogP) is 4.49. The number of hydrogen-bond acceptors (Lipinski definition) is 5. The fourth-order valence-electron chi connectivity index (χ4n) is 6.16. The molecule has 4 aliphatic rings. The van der Waals surface area contributed by atoms with Crippen LogP contribution in [0.1, 0.15) is 38.5 Å². The van der Waals surface area contributed by atoms with Crippen LogP contribution >= 0.6 is 0 Å². The number of nitrogens with zero attached hydrogens (tertiary/aromatic N) is 1. The molecule has 4 saturated carbocycles. The number of nitrogens with one attached hydrogen (secondary N) is 2. The molecule has 1 heterocycles. The highest BCUT2D eigenvalue weighted by Crippen LogP contribution is 2.56. The molecule has 0 saturated heterocycles. The van der Waals surface area contributed by atoms with Crippen LogP contribution < -0.4 is 20.1 Å². The molecule has 0 spiro atoms. The first-order valence-corrected chi connectivity index (χ1v) is 10.9. The Labute approximate surface area is 177 Å². The first-order chi connectivity index (χ1) is 14.6. The molecule has 6 nitrogen and oxygen atoms in total. The minimum Gasteiger partial charge on any atom is -0.493 e. The standard InChI is InChI=1S/C24H29N3O3/c1-29-20-4-2-3-5-21(20)30-15-23(28)26-19-6-7-22(25-14-19)27-24-11-16-8-17(12-24)10-18(9-16)13-24/h2-7,14,16-18H,8-13,15H2,1H3,(H,25,27)(H,26,28). The molecule has 158 valence electrons. The van der Waals surface area contributed by atoms with Crippen LogP contribution in [0.15, 0.2) is 42.6 Å². The van der Waals surface area contributed by atoms with Gasteiger partial charge in [-0.25, -0.2) is 4.98 Å². The van der Waals surface area contributed by atoms with Crippen LogP contribution in [-0.4, -0.2) is 30.1 Å². The quantitative estimate of drug-likeness (QED) is 0.708. The van der Waals surface area contributed by atoms with E-state index in [4.69, 9.17) is 9.47 Å². The summed E-state index contributed by atoms with van der Waals surface area (Å²) in [6, 6.07) is 11.1. The van der Waals surface area contributed by atoms with Gasteiger partial charge in [0, 0.05) is 5.54 Å². The van der Waals surface area contributed by atoms with Gasteiger partial charge in [-0.2, -0.15) is 0 Å². The summed E-state index contributed by atoms with van der Waals surface area (Å²) in [7, 11) is 1.58. The Morgan fingerprint density at radius 3 is 2.30 bits per heavy atom. The van der Waals surface area contributed by atoms with Crippen molar-refractivity contribution in [3.63, 3.8) is 0 Å². The zero-order chi connectivity index (χ0) is 20.6. The lowest BCUT2D eigenvalue weighted by molar-refractivity contribution is -0.118. The normalized spacial score (nSPS) is 28.8. The maximum Gasteiger partial charge on any atom is 0.262 e. The van der Waals surface area contributed by atoms with Crippen molar-refractivity contribution in [1.82, 2.24) is 4.98 Å². The van der Waals surface area contributed by atoms with Gasteiger partial charge in [-0.1, -0.05) is 12.1 Å². The number of pyridine rings is 1. The maximum absolute atomic E-state index is 12.2. The zero-order valence-corrected chi connectivity index (χ0v) is 17.4. The van der Waals surface area contributed by atoms with Crippen molar-refractivity contribution in [1.29, 1.82) is 0 Å². The van der Waals surface area contributed by atoms with E-state index in [-0.39, 0.29) is 18.1 Å².